The number of carbonyl (C=O) groups is 1. The van der Waals surface area contributed by atoms with E-state index < -0.39 is 11.7 Å². The SMILES string of the molecule is COc1ccc(CCN(C)C(=O)CCCCSc2nnc(Cc3ccccc3)n2-c2cccc(C(F)(F)F)c2)cc1OC. The van der Waals surface area contributed by atoms with Crippen LogP contribution in [0.15, 0.2) is 78.0 Å². The molecular formula is C32H35F3N4O3S. The molecule has 0 saturated heterocycles. The van der Waals surface area contributed by atoms with E-state index >= 15 is 0 Å². The zero-order chi connectivity index (χ0) is 30.8. The lowest BCUT2D eigenvalue weighted by Gasteiger charge is -2.18. The number of benzene rings is 3. The maximum atomic E-state index is 13.5. The van der Waals surface area contributed by atoms with Crippen molar-refractivity contribution in [3.8, 4) is 17.2 Å². The third-order valence-electron chi connectivity index (χ3n) is 6.96. The van der Waals surface area contributed by atoms with Crippen molar-refractivity contribution >= 4 is 17.7 Å². The second-order valence-corrected chi connectivity index (χ2v) is 11.1. The molecule has 0 spiro atoms. The predicted octanol–water partition coefficient (Wildman–Crippen LogP) is 6.86. The summed E-state index contributed by atoms with van der Waals surface area (Å²) >= 11 is 1.42. The normalized spacial score (nSPS) is 11.4. The summed E-state index contributed by atoms with van der Waals surface area (Å²) in [4.78, 5) is 14.4. The summed E-state index contributed by atoms with van der Waals surface area (Å²) in [5.74, 6) is 2.57. The van der Waals surface area contributed by atoms with Crippen LogP contribution in [0.5, 0.6) is 11.5 Å². The molecule has 0 N–H and O–H groups in total. The first-order valence-electron chi connectivity index (χ1n) is 13.9. The molecule has 0 aliphatic carbocycles. The van der Waals surface area contributed by atoms with E-state index in [1.165, 1.54) is 17.8 Å². The molecule has 0 aliphatic heterocycles. The van der Waals surface area contributed by atoms with Gasteiger partial charge < -0.3 is 14.4 Å². The van der Waals surface area contributed by atoms with Crippen LogP contribution in [0.4, 0.5) is 13.2 Å². The number of likely N-dealkylation sites (N-methyl/N-ethyl adjacent to an activating group) is 1. The van der Waals surface area contributed by atoms with Gasteiger partial charge >= 0.3 is 6.18 Å². The monoisotopic (exact) mass is 612 g/mol. The highest BCUT2D eigenvalue weighted by Crippen LogP contribution is 2.32. The van der Waals surface area contributed by atoms with Crippen molar-refractivity contribution in [1.29, 1.82) is 0 Å². The van der Waals surface area contributed by atoms with E-state index in [0.29, 0.717) is 66.1 Å². The first kappa shape index (κ1) is 31.9. The highest BCUT2D eigenvalue weighted by molar-refractivity contribution is 7.99. The zero-order valence-corrected chi connectivity index (χ0v) is 25.3. The smallest absolute Gasteiger partial charge is 0.416 e. The van der Waals surface area contributed by atoms with Crippen molar-refractivity contribution in [1.82, 2.24) is 19.7 Å². The molecule has 0 atom stereocenters. The molecule has 0 saturated carbocycles. The molecule has 0 radical (unpaired) electrons. The predicted molar refractivity (Wildman–Crippen MR) is 161 cm³/mol. The van der Waals surface area contributed by atoms with Crippen molar-refractivity contribution < 1.29 is 27.4 Å². The number of rotatable bonds is 14. The number of carbonyl (C=O) groups excluding carboxylic acids is 1. The molecule has 11 heteroatoms. The van der Waals surface area contributed by atoms with Gasteiger partial charge in [-0.3, -0.25) is 9.36 Å². The molecule has 0 bridgehead atoms. The number of thioether (sulfide) groups is 1. The maximum Gasteiger partial charge on any atom is 0.416 e. The molecule has 228 valence electrons. The minimum atomic E-state index is -4.46. The topological polar surface area (TPSA) is 69.5 Å². The Hall–Kier alpha value is -3.99. The van der Waals surface area contributed by atoms with Crippen molar-refractivity contribution in [3.63, 3.8) is 0 Å². The van der Waals surface area contributed by atoms with E-state index in [1.54, 1.807) is 36.8 Å². The Labute approximate surface area is 254 Å². The summed E-state index contributed by atoms with van der Waals surface area (Å²) in [5, 5.41) is 9.17. The molecule has 1 aromatic heterocycles. The summed E-state index contributed by atoms with van der Waals surface area (Å²) in [6, 6.07) is 20.5. The second-order valence-electron chi connectivity index (χ2n) is 10.0. The number of hydrogen-bond acceptors (Lipinski definition) is 6. The highest BCUT2D eigenvalue weighted by Gasteiger charge is 2.31. The number of alkyl halides is 3. The summed E-state index contributed by atoms with van der Waals surface area (Å²) in [6.45, 7) is 0.577. The van der Waals surface area contributed by atoms with E-state index in [-0.39, 0.29) is 5.91 Å². The minimum Gasteiger partial charge on any atom is -0.493 e. The van der Waals surface area contributed by atoms with E-state index in [2.05, 4.69) is 10.2 Å². The number of amides is 1. The van der Waals surface area contributed by atoms with Gasteiger partial charge in [-0.2, -0.15) is 13.2 Å². The van der Waals surface area contributed by atoms with Gasteiger partial charge in [0, 0.05) is 32.2 Å². The number of hydrogen-bond donors (Lipinski definition) is 0. The minimum absolute atomic E-state index is 0.0581. The zero-order valence-electron chi connectivity index (χ0n) is 24.4. The van der Waals surface area contributed by atoms with E-state index in [1.807, 2.05) is 48.5 Å². The molecule has 43 heavy (non-hydrogen) atoms. The molecular weight excluding hydrogens is 577 g/mol. The third kappa shape index (κ3) is 8.76. The lowest BCUT2D eigenvalue weighted by Crippen LogP contribution is -2.28. The van der Waals surface area contributed by atoms with Crippen LogP contribution in [0.2, 0.25) is 0 Å². The van der Waals surface area contributed by atoms with Crippen molar-refractivity contribution in [2.75, 3.05) is 33.6 Å². The average Bonchev–Trinajstić information content (AvgIpc) is 3.41. The van der Waals surface area contributed by atoms with Gasteiger partial charge in [0.2, 0.25) is 5.91 Å². The molecule has 0 unspecified atom stereocenters. The van der Waals surface area contributed by atoms with Gasteiger partial charge in [-0.15, -0.1) is 10.2 Å². The molecule has 1 amide bonds. The second kappa shape index (κ2) is 15.0. The number of aromatic nitrogens is 3. The fourth-order valence-electron chi connectivity index (χ4n) is 4.56. The lowest BCUT2D eigenvalue weighted by molar-refractivity contribution is -0.137. The molecule has 0 aliphatic rings. The van der Waals surface area contributed by atoms with Gasteiger partial charge in [0.15, 0.2) is 16.7 Å². The fourth-order valence-corrected chi connectivity index (χ4v) is 5.53. The Balaban J connectivity index is 1.33. The summed E-state index contributed by atoms with van der Waals surface area (Å²) in [6.07, 6.45) is -1.52. The number of methoxy groups -OCH3 is 2. The van der Waals surface area contributed by atoms with Crippen LogP contribution >= 0.6 is 11.8 Å². The van der Waals surface area contributed by atoms with Gasteiger partial charge in [-0.1, -0.05) is 54.2 Å². The van der Waals surface area contributed by atoms with Gasteiger partial charge in [-0.05, 0) is 60.7 Å². The van der Waals surface area contributed by atoms with Gasteiger partial charge in [0.1, 0.15) is 5.82 Å². The Morgan fingerprint density at radius 3 is 2.40 bits per heavy atom. The van der Waals surface area contributed by atoms with E-state index in [0.717, 1.165) is 29.7 Å². The molecule has 0 fully saturated rings. The van der Waals surface area contributed by atoms with Gasteiger partial charge in [-0.25, -0.2) is 0 Å². The Kier molecular flexibility index (Phi) is 11.1. The molecule has 4 aromatic rings. The van der Waals surface area contributed by atoms with E-state index in [4.69, 9.17) is 9.47 Å². The van der Waals surface area contributed by atoms with Crippen LogP contribution in [-0.2, 0) is 23.8 Å². The van der Waals surface area contributed by atoms with E-state index in [9.17, 15) is 18.0 Å². The van der Waals surface area contributed by atoms with Crippen LogP contribution in [0, 0.1) is 0 Å². The standard InChI is InChI=1S/C32H35F3N4O3S/c1-38(18-17-24-15-16-27(41-2)28(20-24)42-3)30(40)14-7-8-19-43-31-37-36-29(21-23-10-5-4-6-11-23)39(31)26-13-9-12-25(22-26)32(33,34)35/h4-6,9-13,15-16,20,22H,7-8,14,17-19,21H2,1-3H3. The van der Waals surface area contributed by atoms with Crippen molar-refractivity contribution in [3.05, 3.63) is 95.3 Å². The quantitative estimate of drug-likeness (QED) is 0.115. The Morgan fingerprint density at radius 1 is 0.907 bits per heavy atom. The molecule has 3 aromatic carbocycles. The van der Waals surface area contributed by atoms with Crippen molar-refractivity contribution in [2.24, 2.45) is 0 Å². The van der Waals surface area contributed by atoms with Crippen LogP contribution in [0.3, 0.4) is 0 Å². The number of halogens is 3. The van der Waals surface area contributed by atoms with Gasteiger partial charge in [0.25, 0.3) is 0 Å². The third-order valence-corrected chi connectivity index (χ3v) is 7.98. The lowest BCUT2D eigenvalue weighted by atomic mass is 10.1. The molecule has 1 heterocycles. The first-order chi connectivity index (χ1) is 20.7. The largest absolute Gasteiger partial charge is 0.493 e. The van der Waals surface area contributed by atoms with Crippen LogP contribution in [0.25, 0.3) is 5.69 Å². The van der Waals surface area contributed by atoms with Crippen LogP contribution in [-0.4, -0.2) is 59.1 Å². The maximum absolute atomic E-state index is 13.5. The Morgan fingerprint density at radius 2 is 1.67 bits per heavy atom. The fraction of sp³-hybridized carbons (Fsp3) is 0.344. The summed E-state index contributed by atoms with van der Waals surface area (Å²) in [7, 11) is 4.98. The number of unbranched alkanes of at least 4 members (excludes halogenated alkanes) is 1. The average molecular weight is 613 g/mol. The van der Waals surface area contributed by atoms with Crippen LogP contribution < -0.4 is 9.47 Å². The van der Waals surface area contributed by atoms with Gasteiger partial charge in [0.05, 0.1) is 25.5 Å². The Bertz CT molecular complexity index is 1490. The molecule has 4 rings (SSSR count). The summed E-state index contributed by atoms with van der Waals surface area (Å²) < 4.78 is 52.8. The summed E-state index contributed by atoms with van der Waals surface area (Å²) in [5.41, 5.74) is 1.66. The molecule has 7 nitrogen and oxygen atoms in total. The van der Waals surface area contributed by atoms with Crippen molar-refractivity contribution in [2.45, 2.75) is 43.4 Å². The number of ether oxygens (including phenoxy) is 2. The highest BCUT2D eigenvalue weighted by atomic mass is 32.2. The van der Waals surface area contributed by atoms with Crippen LogP contribution in [0.1, 0.15) is 41.8 Å². The number of nitrogens with zero attached hydrogens (tertiary/aromatic N) is 4. The first-order valence-corrected chi connectivity index (χ1v) is 14.9.